The molecule has 1 rings (SSSR count). The number of hydrogen-bond acceptors (Lipinski definition) is 5. The van der Waals surface area contributed by atoms with Gasteiger partial charge in [0, 0.05) is 59.2 Å². The third-order valence-electron chi connectivity index (χ3n) is 4.45. The highest BCUT2D eigenvalue weighted by Crippen LogP contribution is 2.14. The lowest BCUT2D eigenvalue weighted by Crippen LogP contribution is -2.39. The molecule has 8 nitrogen and oxygen atoms in total. The van der Waals surface area contributed by atoms with Crippen LogP contribution in [0.5, 0.6) is 0 Å². The Morgan fingerprint density at radius 2 is 1.93 bits per heavy atom. The molecule has 0 aromatic rings. The van der Waals surface area contributed by atoms with Crippen molar-refractivity contribution in [1.82, 2.24) is 14.9 Å². The highest BCUT2D eigenvalue weighted by molar-refractivity contribution is 14.0. The van der Waals surface area contributed by atoms with Gasteiger partial charge in [-0.2, -0.15) is 0 Å². The molecule has 0 unspecified atom stereocenters. The van der Waals surface area contributed by atoms with Crippen molar-refractivity contribution < 1.29 is 17.9 Å². The second-order valence-electron chi connectivity index (χ2n) is 6.78. The van der Waals surface area contributed by atoms with Crippen molar-refractivity contribution in [2.45, 2.75) is 39.5 Å². The van der Waals surface area contributed by atoms with E-state index in [1.807, 2.05) is 13.8 Å². The van der Waals surface area contributed by atoms with Gasteiger partial charge in [-0.25, -0.2) is 12.7 Å². The number of nitrogens with zero attached hydrogens (tertiary/aromatic N) is 2. The fourth-order valence-corrected chi connectivity index (χ4v) is 3.81. The third kappa shape index (κ3) is 13.1. The van der Waals surface area contributed by atoms with Crippen LogP contribution in [0.25, 0.3) is 0 Å². The van der Waals surface area contributed by atoms with Gasteiger partial charge in [-0.15, -0.1) is 24.0 Å². The van der Waals surface area contributed by atoms with Gasteiger partial charge in [-0.05, 0) is 38.5 Å². The lowest BCUT2D eigenvalue weighted by molar-refractivity contribution is 0.0205. The Morgan fingerprint density at radius 1 is 1.21 bits per heavy atom. The molecule has 0 aromatic heterocycles. The van der Waals surface area contributed by atoms with Crippen molar-refractivity contribution in [2.75, 3.05) is 65.4 Å². The number of rotatable bonds is 13. The maximum atomic E-state index is 11.6. The van der Waals surface area contributed by atoms with E-state index in [0.29, 0.717) is 32.1 Å². The molecule has 0 radical (unpaired) electrons. The van der Waals surface area contributed by atoms with E-state index in [0.717, 1.165) is 64.6 Å². The van der Waals surface area contributed by atoms with Crippen LogP contribution in [-0.4, -0.2) is 84.1 Å². The molecule has 0 aliphatic carbocycles. The van der Waals surface area contributed by atoms with Gasteiger partial charge in [0.2, 0.25) is 10.0 Å². The maximum Gasteiger partial charge on any atom is 0.211 e. The second kappa shape index (κ2) is 16.6. The molecule has 28 heavy (non-hydrogen) atoms. The van der Waals surface area contributed by atoms with Crippen molar-refractivity contribution in [1.29, 1.82) is 0 Å². The van der Waals surface area contributed by atoms with E-state index in [1.165, 1.54) is 10.6 Å². The predicted molar refractivity (Wildman–Crippen MR) is 125 cm³/mol. The molecule has 0 spiro atoms. The van der Waals surface area contributed by atoms with E-state index in [1.54, 1.807) is 0 Å². The molecule has 1 fully saturated rings. The van der Waals surface area contributed by atoms with Crippen LogP contribution in [0.4, 0.5) is 0 Å². The highest BCUT2D eigenvalue weighted by Gasteiger charge is 2.14. The van der Waals surface area contributed by atoms with Gasteiger partial charge in [0.15, 0.2) is 5.96 Å². The molecule has 1 aliphatic heterocycles. The minimum atomic E-state index is -3.12. The van der Waals surface area contributed by atoms with E-state index in [4.69, 9.17) is 9.47 Å². The molecule has 1 heterocycles. The molecule has 10 heteroatoms. The molecule has 0 atom stereocenters. The summed E-state index contributed by atoms with van der Waals surface area (Å²) < 4.78 is 35.7. The minimum Gasteiger partial charge on any atom is -0.381 e. The molecule has 1 aliphatic rings. The zero-order chi connectivity index (χ0) is 20.0. The Hall–Kier alpha value is -0.170. The van der Waals surface area contributed by atoms with Gasteiger partial charge in [-0.1, -0.05) is 6.92 Å². The average Bonchev–Trinajstić information content (AvgIpc) is 2.64. The molecule has 1 saturated heterocycles. The van der Waals surface area contributed by atoms with Gasteiger partial charge < -0.3 is 20.1 Å². The Labute approximate surface area is 188 Å². The van der Waals surface area contributed by atoms with Gasteiger partial charge >= 0.3 is 0 Å². The molecule has 0 saturated carbocycles. The fraction of sp³-hybridized carbons (Fsp3) is 0.944. The molecule has 168 valence electrons. The molecule has 0 amide bonds. The number of ether oxygens (including phenoxy) is 2. The summed E-state index contributed by atoms with van der Waals surface area (Å²) in [5, 5.41) is 6.47. The monoisotopic (exact) mass is 534 g/mol. The first kappa shape index (κ1) is 27.8. The summed E-state index contributed by atoms with van der Waals surface area (Å²) in [6.45, 7) is 10.3. The largest absolute Gasteiger partial charge is 0.381 e. The average molecular weight is 535 g/mol. The first-order chi connectivity index (χ1) is 13.0. The van der Waals surface area contributed by atoms with Gasteiger partial charge in [0.25, 0.3) is 0 Å². The van der Waals surface area contributed by atoms with Gasteiger partial charge in [0.1, 0.15) is 0 Å². The normalized spacial score (nSPS) is 16.1. The zero-order valence-corrected chi connectivity index (χ0v) is 20.8. The number of halogens is 1. The summed E-state index contributed by atoms with van der Waals surface area (Å²) in [6, 6.07) is 0. The van der Waals surface area contributed by atoms with Crippen molar-refractivity contribution in [3.63, 3.8) is 0 Å². The molecule has 2 N–H and O–H groups in total. The summed E-state index contributed by atoms with van der Waals surface area (Å²) in [6.07, 6.45) is 5.07. The number of hydrogen-bond donors (Lipinski definition) is 2. The maximum absolute atomic E-state index is 11.6. The SMILES string of the molecule is CCNC(=NCCCOCC1CCOCC1)NCCCN(CC)S(C)(=O)=O.I. The summed E-state index contributed by atoms with van der Waals surface area (Å²) in [5.41, 5.74) is 0. The van der Waals surface area contributed by atoms with E-state index in [-0.39, 0.29) is 24.0 Å². The standard InChI is InChI=1S/C18H38N4O4S.HI/c1-4-19-18(20-10-6-12-22(5-2)27(3,23)24)21-11-7-13-26-16-17-8-14-25-15-9-17;/h17H,4-16H2,1-3H3,(H2,19,20,21);1H. The van der Waals surface area contributed by atoms with Gasteiger partial charge in [0.05, 0.1) is 6.26 Å². The quantitative estimate of drug-likeness (QED) is 0.162. The van der Waals surface area contributed by atoms with Crippen LogP contribution in [0.2, 0.25) is 0 Å². The first-order valence-electron chi connectivity index (χ1n) is 10.1. The highest BCUT2D eigenvalue weighted by atomic mass is 127. The van der Waals surface area contributed by atoms with Crippen LogP contribution in [0.15, 0.2) is 4.99 Å². The second-order valence-corrected chi connectivity index (χ2v) is 8.76. The Bertz CT molecular complexity index is 514. The van der Waals surface area contributed by atoms with Crippen molar-refractivity contribution in [2.24, 2.45) is 10.9 Å². The Balaban J connectivity index is 0.00000729. The van der Waals surface area contributed by atoms with E-state index < -0.39 is 10.0 Å². The summed E-state index contributed by atoms with van der Waals surface area (Å²) in [7, 11) is -3.12. The summed E-state index contributed by atoms with van der Waals surface area (Å²) >= 11 is 0. The lowest BCUT2D eigenvalue weighted by atomic mass is 10.0. The van der Waals surface area contributed by atoms with E-state index >= 15 is 0 Å². The molecular weight excluding hydrogens is 495 g/mol. The fourth-order valence-electron chi connectivity index (χ4n) is 2.88. The zero-order valence-electron chi connectivity index (χ0n) is 17.6. The summed E-state index contributed by atoms with van der Waals surface area (Å²) in [4.78, 5) is 4.55. The van der Waals surface area contributed by atoms with Crippen LogP contribution in [0.3, 0.4) is 0 Å². The van der Waals surface area contributed by atoms with Crippen molar-refractivity contribution >= 4 is 40.0 Å². The number of sulfonamides is 1. The van der Waals surface area contributed by atoms with E-state index in [9.17, 15) is 8.42 Å². The first-order valence-corrected chi connectivity index (χ1v) is 11.9. The van der Waals surface area contributed by atoms with Crippen molar-refractivity contribution in [3.05, 3.63) is 0 Å². The Kier molecular flexibility index (Phi) is 16.5. The molecular formula is C18H39IN4O4S. The van der Waals surface area contributed by atoms with Gasteiger partial charge in [-0.3, -0.25) is 4.99 Å². The van der Waals surface area contributed by atoms with Crippen LogP contribution in [-0.2, 0) is 19.5 Å². The topological polar surface area (TPSA) is 92.3 Å². The number of aliphatic imine (C=N–C) groups is 1. The van der Waals surface area contributed by atoms with Crippen LogP contribution >= 0.6 is 24.0 Å². The smallest absolute Gasteiger partial charge is 0.211 e. The third-order valence-corrected chi connectivity index (χ3v) is 5.83. The van der Waals surface area contributed by atoms with Crippen LogP contribution in [0.1, 0.15) is 39.5 Å². The predicted octanol–water partition coefficient (Wildman–Crippen LogP) is 1.66. The molecule has 0 bridgehead atoms. The van der Waals surface area contributed by atoms with Crippen LogP contribution < -0.4 is 10.6 Å². The molecule has 0 aromatic carbocycles. The van der Waals surface area contributed by atoms with Crippen molar-refractivity contribution in [3.8, 4) is 0 Å². The van der Waals surface area contributed by atoms with E-state index in [2.05, 4.69) is 15.6 Å². The number of nitrogens with one attached hydrogen (secondary N) is 2. The number of guanidine groups is 1. The minimum absolute atomic E-state index is 0. The van der Waals surface area contributed by atoms with Crippen LogP contribution in [0, 0.1) is 5.92 Å². The summed E-state index contributed by atoms with van der Waals surface area (Å²) in [5.74, 6) is 1.40. The lowest BCUT2D eigenvalue weighted by Gasteiger charge is -2.21. The Morgan fingerprint density at radius 3 is 2.54 bits per heavy atom.